The van der Waals surface area contributed by atoms with Crippen molar-refractivity contribution < 1.29 is 31.5 Å². The summed E-state index contributed by atoms with van der Waals surface area (Å²) < 4.78 is 63.7. The van der Waals surface area contributed by atoms with Crippen molar-refractivity contribution in [2.45, 2.75) is 29.5 Å². The molecule has 1 aromatic rings. The SMILES string of the molecule is O=C(O)c1cc(S(=O)(=O)NC2(C(F)(F)F)CC2)c(Br)s1. The largest absolute Gasteiger partial charge is 0.477 e. The molecule has 0 aromatic carbocycles. The highest BCUT2D eigenvalue weighted by Gasteiger charge is 2.65. The third kappa shape index (κ3) is 2.71. The van der Waals surface area contributed by atoms with Gasteiger partial charge in [0.25, 0.3) is 0 Å². The van der Waals surface area contributed by atoms with Crippen molar-refractivity contribution in [1.82, 2.24) is 4.72 Å². The average molecular weight is 394 g/mol. The Bertz CT molecular complexity index is 663. The number of alkyl halides is 3. The fourth-order valence-electron chi connectivity index (χ4n) is 1.52. The van der Waals surface area contributed by atoms with Crippen molar-refractivity contribution in [2.75, 3.05) is 0 Å². The number of sulfonamides is 1. The van der Waals surface area contributed by atoms with Gasteiger partial charge < -0.3 is 5.11 Å². The highest BCUT2D eigenvalue weighted by atomic mass is 79.9. The van der Waals surface area contributed by atoms with E-state index in [9.17, 15) is 26.4 Å². The molecule has 2 N–H and O–H groups in total. The van der Waals surface area contributed by atoms with Crippen LogP contribution in [0, 0.1) is 0 Å². The molecule has 0 unspecified atom stereocenters. The van der Waals surface area contributed by atoms with Gasteiger partial charge in [0.1, 0.15) is 15.3 Å². The summed E-state index contributed by atoms with van der Waals surface area (Å²) in [5, 5.41) is 8.76. The van der Waals surface area contributed by atoms with Crippen LogP contribution in [-0.4, -0.2) is 31.2 Å². The number of halogens is 4. The number of rotatable bonds is 4. The van der Waals surface area contributed by atoms with Crippen LogP contribution in [0.3, 0.4) is 0 Å². The summed E-state index contributed by atoms with van der Waals surface area (Å²) in [4.78, 5) is 9.96. The van der Waals surface area contributed by atoms with Crippen LogP contribution in [0.1, 0.15) is 22.5 Å². The number of aromatic carboxylic acids is 1. The van der Waals surface area contributed by atoms with Gasteiger partial charge in [0.05, 0.1) is 3.79 Å². The highest BCUT2D eigenvalue weighted by Crippen LogP contribution is 2.50. The number of hydrogen-bond acceptors (Lipinski definition) is 4. The van der Waals surface area contributed by atoms with Crippen molar-refractivity contribution >= 4 is 43.3 Å². The first-order valence-electron chi connectivity index (χ1n) is 5.12. The van der Waals surface area contributed by atoms with E-state index >= 15 is 0 Å². The minimum absolute atomic E-state index is 0.0552. The fourth-order valence-corrected chi connectivity index (χ4v) is 5.37. The average Bonchev–Trinajstić information content (AvgIpc) is 2.91. The van der Waals surface area contributed by atoms with Crippen molar-refractivity contribution in [3.63, 3.8) is 0 Å². The molecule has 0 saturated heterocycles. The fraction of sp³-hybridized carbons (Fsp3) is 0.444. The Kier molecular flexibility index (Phi) is 3.68. The Balaban J connectivity index is 2.35. The second kappa shape index (κ2) is 4.68. The topological polar surface area (TPSA) is 83.5 Å². The quantitative estimate of drug-likeness (QED) is 0.823. The molecule has 1 heterocycles. The van der Waals surface area contributed by atoms with E-state index in [0.29, 0.717) is 11.3 Å². The van der Waals surface area contributed by atoms with Crippen LogP contribution < -0.4 is 4.72 Å². The Morgan fingerprint density at radius 3 is 2.35 bits per heavy atom. The normalized spacial score (nSPS) is 18.0. The van der Waals surface area contributed by atoms with E-state index < -0.39 is 32.6 Å². The molecule has 0 aliphatic heterocycles. The van der Waals surface area contributed by atoms with Crippen molar-refractivity contribution in [1.29, 1.82) is 0 Å². The third-order valence-electron chi connectivity index (χ3n) is 2.78. The van der Waals surface area contributed by atoms with Crippen LogP contribution in [-0.2, 0) is 10.0 Å². The number of carboxylic acids is 1. The van der Waals surface area contributed by atoms with Crippen LogP contribution >= 0.6 is 27.3 Å². The molecule has 1 saturated carbocycles. The standard InChI is InChI=1S/C9H7BrF3NO4S2/c10-6-5(3-4(19-6)7(15)16)20(17,18)14-8(1-2-8)9(11,12)13/h3,14H,1-2H2,(H,15,16). The monoisotopic (exact) mass is 393 g/mol. The van der Waals surface area contributed by atoms with E-state index in [1.165, 1.54) is 0 Å². The zero-order chi connectivity index (χ0) is 15.3. The van der Waals surface area contributed by atoms with E-state index in [1.54, 1.807) is 4.72 Å². The highest BCUT2D eigenvalue weighted by molar-refractivity contribution is 9.11. The lowest BCUT2D eigenvalue weighted by molar-refractivity contribution is -0.160. The zero-order valence-electron chi connectivity index (χ0n) is 9.49. The lowest BCUT2D eigenvalue weighted by Gasteiger charge is -2.20. The molecule has 1 aliphatic rings. The summed E-state index contributed by atoms with van der Waals surface area (Å²) in [6, 6.07) is 0.825. The minimum Gasteiger partial charge on any atom is -0.477 e. The molecular formula is C9H7BrF3NO4S2. The lowest BCUT2D eigenvalue weighted by Crippen LogP contribution is -2.47. The molecule has 0 atom stereocenters. The zero-order valence-corrected chi connectivity index (χ0v) is 12.7. The third-order valence-corrected chi connectivity index (χ3v) is 6.55. The summed E-state index contributed by atoms with van der Waals surface area (Å²) in [5.41, 5.74) is -2.43. The van der Waals surface area contributed by atoms with Gasteiger partial charge in [0.15, 0.2) is 0 Å². The predicted molar refractivity (Wildman–Crippen MR) is 67.3 cm³/mol. The molecule has 0 bridgehead atoms. The maximum absolute atomic E-state index is 12.7. The molecule has 5 nitrogen and oxygen atoms in total. The Morgan fingerprint density at radius 1 is 1.45 bits per heavy atom. The molecule has 0 spiro atoms. The van der Waals surface area contributed by atoms with Crippen molar-refractivity contribution in [3.05, 3.63) is 14.7 Å². The molecule has 20 heavy (non-hydrogen) atoms. The van der Waals surface area contributed by atoms with Crippen LogP contribution in [0.4, 0.5) is 13.2 Å². The summed E-state index contributed by atoms with van der Waals surface area (Å²) >= 11 is 3.47. The van der Waals surface area contributed by atoms with Crippen LogP contribution in [0.2, 0.25) is 0 Å². The van der Waals surface area contributed by atoms with Crippen LogP contribution in [0.5, 0.6) is 0 Å². The maximum atomic E-state index is 12.7. The lowest BCUT2D eigenvalue weighted by atomic mass is 10.3. The summed E-state index contributed by atoms with van der Waals surface area (Å²) in [6.45, 7) is 0. The van der Waals surface area contributed by atoms with Crippen LogP contribution in [0.15, 0.2) is 14.7 Å². The first kappa shape index (κ1) is 15.7. The van der Waals surface area contributed by atoms with E-state index in [4.69, 9.17) is 5.11 Å². The van der Waals surface area contributed by atoms with E-state index in [1.807, 2.05) is 0 Å². The predicted octanol–water partition coefficient (Wildman–Crippen LogP) is 2.58. The van der Waals surface area contributed by atoms with Gasteiger partial charge in [-0.15, -0.1) is 11.3 Å². The van der Waals surface area contributed by atoms with Gasteiger partial charge >= 0.3 is 12.1 Å². The molecular weight excluding hydrogens is 387 g/mol. The molecule has 1 fully saturated rings. The smallest absolute Gasteiger partial charge is 0.407 e. The van der Waals surface area contributed by atoms with E-state index in [2.05, 4.69) is 15.9 Å². The first-order chi connectivity index (χ1) is 8.98. The van der Waals surface area contributed by atoms with Gasteiger partial charge in [-0.2, -0.15) is 17.9 Å². The Labute approximate surface area is 124 Å². The number of carbonyl (C=O) groups is 1. The summed E-state index contributed by atoms with van der Waals surface area (Å²) in [7, 11) is -4.45. The second-order valence-electron chi connectivity index (χ2n) is 4.24. The van der Waals surface area contributed by atoms with Gasteiger partial charge in [-0.25, -0.2) is 13.2 Å². The van der Waals surface area contributed by atoms with Crippen molar-refractivity contribution in [2.24, 2.45) is 0 Å². The van der Waals surface area contributed by atoms with Gasteiger partial charge in [0, 0.05) is 0 Å². The number of carboxylic acid groups (broad SMARTS) is 1. The van der Waals surface area contributed by atoms with Crippen LogP contribution in [0.25, 0.3) is 0 Å². The molecule has 11 heteroatoms. The summed E-state index contributed by atoms with van der Waals surface area (Å²) in [6.07, 6.45) is -5.34. The number of nitrogens with one attached hydrogen (secondary N) is 1. The minimum atomic E-state index is -4.68. The van der Waals surface area contributed by atoms with Crippen molar-refractivity contribution in [3.8, 4) is 0 Å². The molecule has 2 rings (SSSR count). The molecule has 0 amide bonds. The summed E-state index contributed by atoms with van der Waals surface area (Å²) in [5.74, 6) is -1.35. The molecule has 1 aromatic heterocycles. The first-order valence-corrected chi connectivity index (χ1v) is 8.21. The van der Waals surface area contributed by atoms with Gasteiger partial charge in [-0.05, 0) is 34.8 Å². The molecule has 112 valence electrons. The molecule has 0 radical (unpaired) electrons. The second-order valence-corrected chi connectivity index (χ2v) is 8.26. The van der Waals surface area contributed by atoms with Gasteiger partial charge in [-0.1, -0.05) is 0 Å². The van der Waals surface area contributed by atoms with E-state index in [-0.39, 0.29) is 21.5 Å². The maximum Gasteiger partial charge on any atom is 0.407 e. The van der Waals surface area contributed by atoms with E-state index in [0.717, 1.165) is 6.07 Å². The molecule has 1 aliphatic carbocycles. The Morgan fingerprint density at radius 2 is 2.00 bits per heavy atom. The number of thiophene rings is 1. The van der Waals surface area contributed by atoms with Gasteiger partial charge in [0.2, 0.25) is 10.0 Å². The Hall–Kier alpha value is -0.650. The van der Waals surface area contributed by atoms with Gasteiger partial charge in [-0.3, -0.25) is 0 Å². The number of hydrogen-bond donors (Lipinski definition) is 2.